The van der Waals surface area contributed by atoms with Gasteiger partial charge in [0, 0.05) is 17.9 Å². The average molecular weight is 433 g/mol. The van der Waals surface area contributed by atoms with Crippen LogP contribution in [0.15, 0.2) is 52.9 Å². The minimum Gasteiger partial charge on any atom is -0.294 e. The number of thioether (sulfide) groups is 1. The normalized spacial score (nSPS) is 11.4. The molecule has 0 bridgehead atoms. The van der Waals surface area contributed by atoms with Crippen LogP contribution >= 0.6 is 11.8 Å². The number of allylic oxidation sites excluding steroid dienone is 1. The van der Waals surface area contributed by atoms with E-state index in [0.717, 1.165) is 33.3 Å². The van der Waals surface area contributed by atoms with Crippen molar-refractivity contribution in [3.63, 3.8) is 0 Å². The lowest BCUT2D eigenvalue weighted by molar-refractivity contribution is 0.101. The van der Waals surface area contributed by atoms with Gasteiger partial charge in [0.25, 0.3) is 5.56 Å². The highest BCUT2D eigenvalue weighted by Gasteiger charge is 2.18. The lowest BCUT2D eigenvalue weighted by atomic mass is 9.92. The van der Waals surface area contributed by atoms with Crippen LogP contribution in [0, 0.1) is 20.8 Å². The predicted molar refractivity (Wildman–Crippen MR) is 125 cm³/mol. The first-order valence-corrected chi connectivity index (χ1v) is 11.0. The second-order valence-electron chi connectivity index (χ2n) is 7.67. The molecule has 0 N–H and O–H groups in total. The van der Waals surface area contributed by atoms with Crippen LogP contribution in [-0.4, -0.2) is 24.9 Å². The van der Waals surface area contributed by atoms with Crippen LogP contribution < -0.4 is 5.56 Å². The van der Waals surface area contributed by atoms with Gasteiger partial charge in [-0.1, -0.05) is 36.0 Å². The molecule has 31 heavy (non-hydrogen) atoms. The predicted octanol–water partition coefficient (Wildman–Crippen LogP) is 4.65. The number of hydrogen-bond donors (Lipinski definition) is 0. The first kappa shape index (κ1) is 21.1. The van der Waals surface area contributed by atoms with Crippen molar-refractivity contribution in [3.8, 4) is 0 Å². The van der Waals surface area contributed by atoms with Gasteiger partial charge in [-0.25, -0.2) is 0 Å². The van der Waals surface area contributed by atoms with Crippen molar-refractivity contribution in [2.24, 2.45) is 0 Å². The summed E-state index contributed by atoms with van der Waals surface area (Å²) in [6.07, 6.45) is 1.68. The van der Waals surface area contributed by atoms with E-state index < -0.39 is 0 Å². The molecule has 2 heterocycles. The highest BCUT2D eigenvalue weighted by Crippen LogP contribution is 2.30. The summed E-state index contributed by atoms with van der Waals surface area (Å²) in [5.74, 6) is 1.22. The third kappa shape index (κ3) is 3.49. The monoisotopic (exact) mass is 432 g/mol. The fraction of sp³-hybridized carbons (Fsp3) is 0.250. The van der Waals surface area contributed by atoms with E-state index in [9.17, 15) is 9.59 Å². The molecule has 7 heteroatoms. The van der Waals surface area contributed by atoms with E-state index in [1.807, 2.05) is 42.5 Å². The second-order valence-corrected chi connectivity index (χ2v) is 8.62. The molecule has 6 nitrogen and oxygen atoms in total. The quantitative estimate of drug-likeness (QED) is 0.252. The third-order valence-electron chi connectivity index (χ3n) is 5.62. The highest BCUT2D eigenvalue weighted by atomic mass is 32.2. The maximum absolute atomic E-state index is 12.9. The number of carbonyl (C=O) groups is 1. The number of fused-ring (bicyclic) bond motifs is 3. The lowest BCUT2D eigenvalue weighted by Gasteiger charge is -2.15. The molecular weight excluding hydrogens is 408 g/mol. The number of carbonyl (C=O) groups excluding carboxylic acids is 1. The number of aryl methyl sites for hydroxylation is 2. The number of para-hydroxylation sites is 1. The van der Waals surface area contributed by atoms with Crippen LogP contribution in [0.1, 0.15) is 39.5 Å². The smallest absolute Gasteiger partial charge is 0.263 e. The molecule has 0 aliphatic carbocycles. The summed E-state index contributed by atoms with van der Waals surface area (Å²) in [5, 5.41) is 10.0. The molecule has 4 rings (SSSR count). The number of aromatic nitrogens is 4. The molecule has 0 amide bonds. The summed E-state index contributed by atoms with van der Waals surface area (Å²) in [5.41, 5.74) is 5.75. The van der Waals surface area contributed by atoms with E-state index in [2.05, 4.69) is 29.8 Å². The van der Waals surface area contributed by atoms with E-state index in [1.165, 1.54) is 0 Å². The Kier molecular flexibility index (Phi) is 5.54. The maximum atomic E-state index is 12.9. The maximum Gasteiger partial charge on any atom is 0.263 e. The zero-order valence-corrected chi connectivity index (χ0v) is 18.9. The number of rotatable bonds is 6. The first-order valence-electron chi connectivity index (χ1n) is 10.1. The number of Topliss-reactive ketones (excluding diaryl/α,β-unsaturated/α-hetero) is 1. The summed E-state index contributed by atoms with van der Waals surface area (Å²) in [4.78, 5) is 25.1. The first-order chi connectivity index (χ1) is 14.8. The Hall–Kier alpha value is -3.19. The van der Waals surface area contributed by atoms with E-state index in [1.54, 1.807) is 29.3 Å². The van der Waals surface area contributed by atoms with Gasteiger partial charge in [0.1, 0.15) is 0 Å². The average Bonchev–Trinajstić information content (AvgIpc) is 3.14. The standard InChI is InChI=1S/C24H24N4O2S/c1-6-11-27-22(30)18-9-7-8-10-20(18)28-23(27)25-26-24(28)31-13-19-14(2)12-15(3)21(16(19)4)17(5)29/h6-10,12H,1,11,13H2,2-5H3. The molecule has 0 unspecified atom stereocenters. The summed E-state index contributed by atoms with van der Waals surface area (Å²) in [6, 6.07) is 9.55. The van der Waals surface area contributed by atoms with Crippen molar-refractivity contribution in [1.82, 2.24) is 19.2 Å². The van der Waals surface area contributed by atoms with Crippen molar-refractivity contribution in [1.29, 1.82) is 0 Å². The second kappa shape index (κ2) is 8.15. The van der Waals surface area contributed by atoms with E-state index in [4.69, 9.17) is 0 Å². The highest BCUT2D eigenvalue weighted by molar-refractivity contribution is 7.98. The Bertz CT molecular complexity index is 1420. The Morgan fingerprint density at radius 3 is 2.61 bits per heavy atom. The van der Waals surface area contributed by atoms with Crippen LogP contribution in [0.5, 0.6) is 0 Å². The Labute approximate surface area is 184 Å². The Morgan fingerprint density at radius 2 is 1.90 bits per heavy atom. The summed E-state index contributed by atoms with van der Waals surface area (Å²) >= 11 is 1.55. The van der Waals surface area contributed by atoms with Gasteiger partial charge in [-0.2, -0.15) is 0 Å². The SMILES string of the molecule is C=CCn1c(=O)c2ccccc2n2c(SCc3c(C)cc(C)c(C(C)=O)c3C)nnc12. The molecular formula is C24H24N4O2S. The summed E-state index contributed by atoms with van der Waals surface area (Å²) < 4.78 is 3.51. The van der Waals surface area contributed by atoms with Gasteiger partial charge in [-0.15, -0.1) is 16.8 Å². The zero-order valence-electron chi connectivity index (χ0n) is 18.1. The topological polar surface area (TPSA) is 69.3 Å². The number of benzene rings is 2. The Morgan fingerprint density at radius 1 is 1.16 bits per heavy atom. The van der Waals surface area contributed by atoms with Crippen LogP contribution in [0.3, 0.4) is 0 Å². The van der Waals surface area contributed by atoms with Gasteiger partial charge >= 0.3 is 0 Å². The van der Waals surface area contributed by atoms with Gasteiger partial charge in [-0.05, 0) is 62.1 Å². The van der Waals surface area contributed by atoms with E-state index in [0.29, 0.717) is 28.6 Å². The summed E-state index contributed by atoms with van der Waals surface area (Å²) in [7, 11) is 0. The minimum atomic E-state index is -0.108. The zero-order chi connectivity index (χ0) is 22.3. The molecule has 0 fully saturated rings. The number of hydrogen-bond acceptors (Lipinski definition) is 5. The van der Waals surface area contributed by atoms with Crippen molar-refractivity contribution < 1.29 is 4.79 Å². The molecule has 2 aromatic heterocycles. The molecule has 0 aliphatic heterocycles. The number of ketones is 1. The third-order valence-corrected chi connectivity index (χ3v) is 6.57. The molecule has 0 spiro atoms. The lowest BCUT2D eigenvalue weighted by Crippen LogP contribution is -2.22. The van der Waals surface area contributed by atoms with Crippen molar-refractivity contribution >= 4 is 34.2 Å². The van der Waals surface area contributed by atoms with Gasteiger partial charge in [0.15, 0.2) is 10.9 Å². The van der Waals surface area contributed by atoms with Gasteiger partial charge in [-0.3, -0.25) is 18.6 Å². The molecule has 4 aromatic rings. The van der Waals surface area contributed by atoms with Crippen LogP contribution in [0.2, 0.25) is 0 Å². The Balaban J connectivity index is 1.85. The minimum absolute atomic E-state index is 0.0774. The molecule has 158 valence electrons. The molecule has 2 aromatic carbocycles. The largest absolute Gasteiger partial charge is 0.294 e. The van der Waals surface area contributed by atoms with Crippen LogP contribution in [0.4, 0.5) is 0 Å². The van der Waals surface area contributed by atoms with Gasteiger partial charge < -0.3 is 0 Å². The molecule has 0 atom stereocenters. The van der Waals surface area contributed by atoms with Crippen molar-refractivity contribution in [2.45, 2.75) is 45.1 Å². The molecule has 0 saturated heterocycles. The van der Waals surface area contributed by atoms with E-state index in [-0.39, 0.29) is 11.3 Å². The fourth-order valence-corrected chi connectivity index (χ4v) is 5.37. The van der Waals surface area contributed by atoms with Crippen molar-refractivity contribution in [2.75, 3.05) is 0 Å². The molecule has 0 saturated carbocycles. The molecule has 0 aliphatic rings. The summed E-state index contributed by atoms with van der Waals surface area (Å²) in [6.45, 7) is 11.8. The fourth-order valence-electron chi connectivity index (χ4n) is 4.25. The van der Waals surface area contributed by atoms with Crippen molar-refractivity contribution in [3.05, 3.63) is 81.2 Å². The van der Waals surface area contributed by atoms with Crippen LogP contribution in [0.25, 0.3) is 16.7 Å². The van der Waals surface area contributed by atoms with Crippen LogP contribution in [-0.2, 0) is 12.3 Å². The van der Waals surface area contributed by atoms with Gasteiger partial charge in [0.2, 0.25) is 5.78 Å². The van der Waals surface area contributed by atoms with Gasteiger partial charge in [0.05, 0.1) is 10.9 Å². The molecule has 0 radical (unpaired) electrons. The number of nitrogens with zero attached hydrogens (tertiary/aromatic N) is 4. The van der Waals surface area contributed by atoms with E-state index >= 15 is 0 Å².